The zero-order valence-electron chi connectivity index (χ0n) is 13.6. The second kappa shape index (κ2) is 7.99. The van der Waals surface area contributed by atoms with Gasteiger partial charge in [-0.1, -0.05) is 25.1 Å². The number of benzene rings is 1. The normalized spacial score (nSPS) is 17.1. The number of hydrogen-bond acceptors (Lipinski definition) is 3. The van der Waals surface area contributed by atoms with Gasteiger partial charge in [-0.05, 0) is 31.0 Å². The monoisotopic (exact) mass is 302 g/mol. The molecule has 0 bridgehead atoms. The minimum absolute atomic E-state index is 0.0674. The molecule has 1 fully saturated rings. The molecule has 120 valence electrons. The first kappa shape index (κ1) is 16.6. The van der Waals surface area contributed by atoms with Gasteiger partial charge in [0.15, 0.2) is 6.10 Å². The van der Waals surface area contributed by atoms with Gasteiger partial charge >= 0.3 is 0 Å². The second-order valence-electron chi connectivity index (χ2n) is 5.67. The second-order valence-corrected chi connectivity index (χ2v) is 5.67. The van der Waals surface area contributed by atoms with Crippen molar-refractivity contribution in [1.82, 2.24) is 9.80 Å². The molecular formula is C18H26N2O2. The summed E-state index contributed by atoms with van der Waals surface area (Å²) in [6, 6.07) is 7.95. The van der Waals surface area contributed by atoms with Crippen molar-refractivity contribution >= 4 is 5.91 Å². The fraction of sp³-hybridized carbons (Fsp3) is 0.500. The van der Waals surface area contributed by atoms with E-state index in [1.165, 1.54) is 5.56 Å². The molecule has 0 saturated carbocycles. The molecule has 1 aliphatic heterocycles. The third kappa shape index (κ3) is 4.34. The number of aryl methyl sites for hydroxylation is 1. The molecule has 4 nitrogen and oxygen atoms in total. The highest BCUT2D eigenvalue weighted by Gasteiger charge is 2.25. The van der Waals surface area contributed by atoms with E-state index in [0.29, 0.717) is 0 Å². The van der Waals surface area contributed by atoms with Gasteiger partial charge < -0.3 is 9.64 Å². The van der Waals surface area contributed by atoms with Crippen molar-refractivity contribution < 1.29 is 9.53 Å². The molecule has 1 atom stereocenters. The van der Waals surface area contributed by atoms with Crippen LogP contribution in [-0.4, -0.2) is 54.5 Å². The van der Waals surface area contributed by atoms with E-state index in [1.807, 2.05) is 42.2 Å². The molecule has 1 unspecified atom stereocenters. The van der Waals surface area contributed by atoms with Crippen molar-refractivity contribution in [2.24, 2.45) is 0 Å². The Balaban J connectivity index is 1.85. The molecule has 1 aromatic carbocycles. The van der Waals surface area contributed by atoms with Crippen molar-refractivity contribution in [3.63, 3.8) is 0 Å². The molecule has 0 radical (unpaired) electrons. The van der Waals surface area contributed by atoms with E-state index < -0.39 is 6.10 Å². The summed E-state index contributed by atoms with van der Waals surface area (Å²) >= 11 is 0. The van der Waals surface area contributed by atoms with E-state index >= 15 is 0 Å². The first-order valence-corrected chi connectivity index (χ1v) is 8.01. The molecular weight excluding hydrogens is 276 g/mol. The zero-order chi connectivity index (χ0) is 15.9. The molecule has 1 saturated heterocycles. The summed E-state index contributed by atoms with van der Waals surface area (Å²) in [5, 5.41) is 0. The Hall–Kier alpha value is -1.81. The van der Waals surface area contributed by atoms with E-state index in [-0.39, 0.29) is 5.91 Å². The van der Waals surface area contributed by atoms with Crippen molar-refractivity contribution in [2.45, 2.75) is 26.4 Å². The van der Waals surface area contributed by atoms with E-state index in [4.69, 9.17) is 4.74 Å². The number of ether oxygens (including phenoxy) is 1. The first-order chi connectivity index (χ1) is 10.6. The molecule has 22 heavy (non-hydrogen) atoms. The number of amides is 1. The number of piperazine rings is 1. The predicted molar refractivity (Wildman–Crippen MR) is 89.1 cm³/mol. The summed E-state index contributed by atoms with van der Waals surface area (Å²) in [6.07, 6.45) is 2.46. The van der Waals surface area contributed by atoms with Gasteiger partial charge in [-0.25, -0.2) is 0 Å². The molecule has 0 aromatic heterocycles. The van der Waals surface area contributed by atoms with Crippen molar-refractivity contribution in [3.05, 3.63) is 42.5 Å². The molecule has 0 spiro atoms. The maximum absolute atomic E-state index is 12.5. The molecule has 2 rings (SSSR count). The molecule has 4 heteroatoms. The van der Waals surface area contributed by atoms with E-state index in [0.717, 1.165) is 44.9 Å². The number of rotatable bonds is 6. The van der Waals surface area contributed by atoms with Crippen LogP contribution in [0.2, 0.25) is 0 Å². The van der Waals surface area contributed by atoms with Gasteiger partial charge in [-0.2, -0.15) is 0 Å². The van der Waals surface area contributed by atoms with Crippen molar-refractivity contribution in [3.8, 4) is 5.75 Å². The fourth-order valence-corrected chi connectivity index (χ4v) is 2.65. The molecule has 1 amide bonds. The fourth-order valence-electron chi connectivity index (χ4n) is 2.65. The Labute approximate surface area is 133 Å². The quantitative estimate of drug-likeness (QED) is 0.756. The highest BCUT2D eigenvalue weighted by molar-refractivity contribution is 5.81. The summed E-state index contributed by atoms with van der Waals surface area (Å²) in [5.74, 6) is 0.821. The lowest BCUT2D eigenvalue weighted by Crippen LogP contribution is -2.51. The standard InChI is InChI=1S/C18H26N2O2/c1-4-10-19-11-13-20(14-12-19)18(21)15(3)22-17-8-6-16(5-2)7-9-17/h4,6-9,15H,1,5,10-14H2,2-3H3. The minimum atomic E-state index is -0.446. The van der Waals surface area contributed by atoms with E-state index in [1.54, 1.807) is 0 Å². The van der Waals surface area contributed by atoms with Crippen LogP contribution in [0, 0.1) is 0 Å². The van der Waals surface area contributed by atoms with Crippen LogP contribution in [0.5, 0.6) is 5.75 Å². The van der Waals surface area contributed by atoms with Crippen LogP contribution in [-0.2, 0) is 11.2 Å². The van der Waals surface area contributed by atoms with Crippen LogP contribution in [0.3, 0.4) is 0 Å². The number of hydrogen-bond donors (Lipinski definition) is 0. The van der Waals surface area contributed by atoms with Crippen LogP contribution in [0.1, 0.15) is 19.4 Å². The Kier molecular flexibility index (Phi) is 6.01. The maximum Gasteiger partial charge on any atom is 0.263 e. The van der Waals surface area contributed by atoms with Crippen LogP contribution >= 0.6 is 0 Å². The van der Waals surface area contributed by atoms with Gasteiger partial charge in [0.05, 0.1) is 0 Å². The third-order valence-electron chi connectivity index (χ3n) is 4.06. The van der Waals surface area contributed by atoms with Crippen LogP contribution in [0.25, 0.3) is 0 Å². The largest absolute Gasteiger partial charge is 0.481 e. The van der Waals surface area contributed by atoms with Crippen LogP contribution < -0.4 is 4.74 Å². The average Bonchev–Trinajstić information content (AvgIpc) is 2.56. The van der Waals surface area contributed by atoms with E-state index in [9.17, 15) is 4.79 Å². The lowest BCUT2D eigenvalue weighted by molar-refractivity contribution is -0.139. The number of carbonyl (C=O) groups is 1. The van der Waals surface area contributed by atoms with Crippen LogP contribution in [0.4, 0.5) is 0 Å². The SMILES string of the molecule is C=CCN1CCN(C(=O)C(C)Oc2ccc(CC)cc2)CC1. The lowest BCUT2D eigenvalue weighted by Gasteiger charge is -2.35. The minimum Gasteiger partial charge on any atom is -0.481 e. The van der Waals surface area contributed by atoms with Gasteiger partial charge in [0.1, 0.15) is 5.75 Å². The Morgan fingerprint density at radius 3 is 2.45 bits per heavy atom. The summed E-state index contributed by atoms with van der Waals surface area (Å²) < 4.78 is 5.78. The van der Waals surface area contributed by atoms with Gasteiger partial charge in [0.2, 0.25) is 0 Å². The highest BCUT2D eigenvalue weighted by Crippen LogP contribution is 2.15. The van der Waals surface area contributed by atoms with Crippen molar-refractivity contribution in [1.29, 1.82) is 0 Å². The first-order valence-electron chi connectivity index (χ1n) is 8.01. The van der Waals surface area contributed by atoms with Gasteiger partial charge in [0.25, 0.3) is 5.91 Å². The Morgan fingerprint density at radius 1 is 1.27 bits per heavy atom. The summed E-state index contributed by atoms with van der Waals surface area (Å²) in [4.78, 5) is 16.6. The summed E-state index contributed by atoms with van der Waals surface area (Å²) in [6.45, 7) is 11.9. The molecule has 0 aliphatic carbocycles. The average molecular weight is 302 g/mol. The maximum atomic E-state index is 12.5. The van der Waals surface area contributed by atoms with Crippen LogP contribution in [0.15, 0.2) is 36.9 Å². The van der Waals surface area contributed by atoms with Crippen molar-refractivity contribution in [2.75, 3.05) is 32.7 Å². The highest BCUT2D eigenvalue weighted by atomic mass is 16.5. The topological polar surface area (TPSA) is 32.8 Å². The molecule has 0 N–H and O–H groups in total. The van der Waals surface area contributed by atoms with Gasteiger partial charge in [0, 0.05) is 32.7 Å². The zero-order valence-corrected chi connectivity index (χ0v) is 13.6. The smallest absolute Gasteiger partial charge is 0.263 e. The molecule has 1 aromatic rings. The Bertz CT molecular complexity index is 490. The predicted octanol–water partition coefficient (Wildman–Crippen LogP) is 2.35. The Morgan fingerprint density at radius 2 is 1.91 bits per heavy atom. The molecule has 1 heterocycles. The lowest BCUT2D eigenvalue weighted by atomic mass is 10.2. The van der Waals surface area contributed by atoms with Gasteiger partial charge in [-0.15, -0.1) is 6.58 Å². The summed E-state index contributed by atoms with van der Waals surface area (Å²) in [7, 11) is 0. The van der Waals surface area contributed by atoms with Gasteiger partial charge in [-0.3, -0.25) is 9.69 Å². The number of carbonyl (C=O) groups excluding carboxylic acids is 1. The molecule has 1 aliphatic rings. The summed E-state index contributed by atoms with van der Waals surface area (Å²) in [5.41, 5.74) is 1.27. The third-order valence-corrected chi connectivity index (χ3v) is 4.06. The number of nitrogens with zero attached hydrogens (tertiary/aromatic N) is 2. The van der Waals surface area contributed by atoms with E-state index in [2.05, 4.69) is 18.4 Å².